The molecule has 0 spiro atoms. The van der Waals surface area contributed by atoms with E-state index >= 15 is 0 Å². The first-order valence-corrected chi connectivity index (χ1v) is 12.3. The van der Waals surface area contributed by atoms with Crippen molar-refractivity contribution in [3.63, 3.8) is 0 Å². The van der Waals surface area contributed by atoms with Crippen LogP contribution in [-0.2, 0) is 14.3 Å². The van der Waals surface area contributed by atoms with Crippen LogP contribution >= 0.6 is 11.8 Å². The first-order chi connectivity index (χ1) is 15.1. The number of unbranched alkanes of at least 4 members (excludes halogenated alkanes) is 1. The van der Waals surface area contributed by atoms with Gasteiger partial charge in [0.05, 0.1) is 18.8 Å². The highest BCUT2D eigenvalue weighted by molar-refractivity contribution is 7.99. The number of hydrogen-bond donors (Lipinski definition) is 3. The van der Waals surface area contributed by atoms with E-state index in [9.17, 15) is 9.59 Å². The molecule has 2 saturated heterocycles. The lowest BCUT2D eigenvalue weighted by molar-refractivity contribution is -0.137. The number of benzene rings is 1. The summed E-state index contributed by atoms with van der Waals surface area (Å²) >= 11 is 1.78. The summed E-state index contributed by atoms with van der Waals surface area (Å²) < 4.78 is 6.14. The third kappa shape index (κ3) is 7.37. The fourth-order valence-electron chi connectivity index (χ4n) is 4.58. The maximum atomic E-state index is 12.3. The number of fused-ring (bicyclic) bond motifs is 2. The topological polar surface area (TPSA) is 87.7 Å². The van der Waals surface area contributed by atoms with E-state index in [0.717, 1.165) is 43.7 Å². The van der Waals surface area contributed by atoms with Gasteiger partial charge in [-0.05, 0) is 68.0 Å². The number of allylic oxidation sites excluding steroid dienone is 2. The van der Waals surface area contributed by atoms with Crippen LogP contribution in [0.3, 0.4) is 0 Å². The van der Waals surface area contributed by atoms with Crippen LogP contribution < -0.4 is 10.6 Å². The number of anilines is 1. The molecule has 2 aliphatic heterocycles. The number of ether oxygens (including phenoxy) is 1. The number of nitrogens with one attached hydrogen (secondary N) is 2. The van der Waals surface area contributed by atoms with Crippen molar-refractivity contribution in [3.05, 3.63) is 36.4 Å². The maximum Gasteiger partial charge on any atom is 0.303 e. The molecule has 4 atom stereocenters. The van der Waals surface area contributed by atoms with Gasteiger partial charge >= 0.3 is 5.97 Å². The highest BCUT2D eigenvalue weighted by Crippen LogP contribution is 2.44. The van der Waals surface area contributed by atoms with Crippen LogP contribution in [0.25, 0.3) is 0 Å². The first-order valence-electron chi connectivity index (χ1n) is 11.3. The Labute approximate surface area is 189 Å². The van der Waals surface area contributed by atoms with Crippen molar-refractivity contribution in [2.24, 2.45) is 11.8 Å². The van der Waals surface area contributed by atoms with Gasteiger partial charge < -0.3 is 20.5 Å². The predicted molar refractivity (Wildman–Crippen MR) is 124 cm³/mol. The number of carbonyl (C=O) groups excluding carboxylic acids is 1. The Morgan fingerprint density at radius 1 is 1.16 bits per heavy atom. The monoisotopic (exact) mass is 446 g/mol. The summed E-state index contributed by atoms with van der Waals surface area (Å²) in [7, 11) is 0. The number of hydrogen-bond acceptors (Lipinski definition) is 5. The highest BCUT2D eigenvalue weighted by atomic mass is 32.2. The number of carbonyl (C=O) groups is 2. The molecule has 0 aromatic heterocycles. The van der Waals surface area contributed by atoms with Crippen LogP contribution in [0.5, 0.6) is 0 Å². The molecular formula is C24H34N2O4S. The molecule has 31 heavy (non-hydrogen) atoms. The average Bonchev–Trinajstić information content (AvgIpc) is 3.34. The maximum absolute atomic E-state index is 12.3. The van der Waals surface area contributed by atoms with Gasteiger partial charge in [0, 0.05) is 29.5 Å². The first kappa shape index (κ1) is 23.8. The number of carboxylic acid groups (broad SMARTS) is 1. The second-order valence-corrected chi connectivity index (χ2v) is 9.59. The van der Waals surface area contributed by atoms with E-state index in [2.05, 4.69) is 29.7 Å². The number of thioether (sulfide) groups is 1. The van der Waals surface area contributed by atoms with Crippen LogP contribution in [0.4, 0.5) is 5.69 Å². The van der Waals surface area contributed by atoms with Gasteiger partial charge in [-0.25, -0.2) is 0 Å². The Morgan fingerprint density at radius 3 is 2.61 bits per heavy atom. The zero-order valence-corrected chi connectivity index (χ0v) is 19.0. The molecular weight excluding hydrogens is 412 g/mol. The summed E-state index contributed by atoms with van der Waals surface area (Å²) in [5.41, 5.74) is 0.821. The Hall–Kier alpha value is -1.83. The minimum atomic E-state index is -0.738. The van der Waals surface area contributed by atoms with E-state index in [4.69, 9.17) is 9.84 Å². The largest absolute Gasteiger partial charge is 0.481 e. The second kappa shape index (κ2) is 12.3. The number of aliphatic carboxylic acids is 1. The minimum Gasteiger partial charge on any atom is -0.481 e. The van der Waals surface area contributed by atoms with Gasteiger partial charge in [-0.3, -0.25) is 9.59 Å². The summed E-state index contributed by atoms with van der Waals surface area (Å²) in [6.45, 7) is 3.19. The Bertz CT molecular complexity index is 752. The smallest absolute Gasteiger partial charge is 0.303 e. The zero-order chi connectivity index (χ0) is 22.1. The third-order valence-electron chi connectivity index (χ3n) is 6.04. The van der Waals surface area contributed by atoms with Crippen molar-refractivity contribution >= 4 is 29.3 Å². The summed E-state index contributed by atoms with van der Waals surface area (Å²) in [5, 5.41) is 15.0. The number of amides is 1. The molecule has 0 unspecified atom stereocenters. The molecule has 6 nitrogen and oxygen atoms in total. The Kier molecular flexibility index (Phi) is 9.43. The summed E-state index contributed by atoms with van der Waals surface area (Å²) in [5.74, 6) is 1.14. The summed E-state index contributed by atoms with van der Waals surface area (Å²) in [4.78, 5) is 24.1. The molecule has 7 heteroatoms. The fourth-order valence-corrected chi connectivity index (χ4v) is 5.24. The molecule has 3 rings (SSSR count). The molecule has 0 aliphatic carbocycles. The zero-order valence-electron chi connectivity index (χ0n) is 18.2. The van der Waals surface area contributed by atoms with Crippen molar-refractivity contribution < 1.29 is 19.4 Å². The molecule has 1 aromatic rings. The van der Waals surface area contributed by atoms with E-state index in [-0.39, 0.29) is 25.0 Å². The molecule has 2 fully saturated rings. The third-order valence-corrected chi connectivity index (χ3v) is 6.94. The SMILES string of the molecule is CCSc1ccc(NC(=O)CNC[C@H]2[C@@H](CC=CCCCC(=O)O)[C@H]3CC[C@@H]2O3)cc1. The Balaban J connectivity index is 1.39. The van der Waals surface area contributed by atoms with Crippen molar-refractivity contribution in [1.29, 1.82) is 0 Å². The number of rotatable bonds is 13. The van der Waals surface area contributed by atoms with Crippen LogP contribution in [0.1, 0.15) is 45.4 Å². The van der Waals surface area contributed by atoms with Gasteiger partial charge in [-0.1, -0.05) is 19.1 Å². The van der Waals surface area contributed by atoms with E-state index in [0.29, 0.717) is 24.4 Å². The van der Waals surface area contributed by atoms with Gasteiger partial charge in [-0.15, -0.1) is 11.8 Å². The van der Waals surface area contributed by atoms with Crippen LogP contribution in [0, 0.1) is 11.8 Å². The van der Waals surface area contributed by atoms with E-state index in [1.165, 1.54) is 4.90 Å². The van der Waals surface area contributed by atoms with Crippen LogP contribution in [0.15, 0.2) is 41.3 Å². The molecule has 1 amide bonds. The fraction of sp³-hybridized carbons (Fsp3) is 0.583. The van der Waals surface area contributed by atoms with Crippen molar-refractivity contribution in [3.8, 4) is 0 Å². The lowest BCUT2D eigenvalue weighted by Gasteiger charge is -2.27. The van der Waals surface area contributed by atoms with Gasteiger partial charge in [0.2, 0.25) is 5.91 Å². The van der Waals surface area contributed by atoms with Crippen molar-refractivity contribution in [2.45, 2.75) is 62.6 Å². The van der Waals surface area contributed by atoms with Gasteiger partial charge in [0.1, 0.15) is 0 Å². The van der Waals surface area contributed by atoms with Gasteiger partial charge in [-0.2, -0.15) is 0 Å². The molecule has 170 valence electrons. The Morgan fingerprint density at radius 2 is 1.90 bits per heavy atom. The minimum absolute atomic E-state index is 0.0326. The molecule has 0 radical (unpaired) electrons. The van der Waals surface area contributed by atoms with E-state index in [1.54, 1.807) is 11.8 Å². The van der Waals surface area contributed by atoms with Crippen LogP contribution in [-0.4, -0.2) is 48.0 Å². The number of carboxylic acids is 1. The molecule has 2 bridgehead atoms. The van der Waals surface area contributed by atoms with Gasteiger partial charge in [0.15, 0.2) is 0 Å². The van der Waals surface area contributed by atoms with E-state index in [1.807, 2.05) is 24.3 Å². The quantitative estimate of drug-likeness (QED) is 0.238. The van der Waals surface area contributed by atoms with Crippen molar-refractivity contribution in [1.82, 2.24) is 5.32 Å². The molecule has 3 N–H and O–H groups in total. The lowest BCUT2D eigenvalue weighted by Crippen LogP contribution is -2.38. The van der Waals surface area contributed by atoms with Crippen molar-refractivity contribution in [2.75, 3.05) is 24.2 Å². The van der Waals surface area contributed by atoms with Gasteiger partial charge in [0.25, 0.3) is 0 Å². The van der Waals surface area contributed by atoms with E-state index < -0.39 is 5.97 Å². The normalized spacial score (nSPS) is 24.7. The molecule has 0 saturated carbocycles. The predicted octanol–water partition coefficient (Wildman–Crippen LogP) is 4.32. The molecule has 2 heterocycles. The standard InChI is InChI=1S/C24H34N2O4S/c1-2-31-18-11-9-17(10-12-18)26-23(27)16-25-15-20-19(21-13-14-22(20)30-21)7-5-3-4-6-8-24(28)29/h3,5,9-12,19-22,25H,2,4,6-8,13-16H2,1H3,(H,26,27)(H,28,29)/t19-,20+,21-,22+/m1/s1. The summed E-state index contributed by atoms with van der Waals surface area (Å²) in [6, 6.07) is 7.95. The molecule has 2 aliphatic rings. The second-order valence-electron chi connectivity index (χ2n) is 8.25. The summed E-state index contributed by atoms with van der Waals surface area (Å²) in [6.07, 6.45) is 9.74. The lowest BCUT2D eigenvalue weighted by atomic mass is 9.77. The average molecular weight is 447 g/mol. The highest BCUT2D eigenvalue weighted by Gasteiger charge is 2.47. The molecule has 1 aromatic carbocycles. The van der Waals surface area contributed by atoms with Crippen LogP contribution in [0.2, 0.25) is 0 Å².